The van der Waals surface area contributed by atoms with Crippen molar-refractivity contribution in [1.82, 2.24) is 5.32 Å². The average molecular weight is 704 g/mol. The van der Waals surface area contributed by atoms with E-state index in [2.05, 4.69) is 27.3 Å². The standard InChI is InChI=1S/C38H30FN5O4S2/c1-23-30(22-40)38(50-33(23)37(48)41-27-15-7-4-8-16-27)44-34(45)24(2)49-29-18-11-17-28(21-29)42-36(47)32(20-26-14-9-10-19-31(26)39)43-35(46)25-12-5-3-6-13-25/h3-21,24H,1-2H3,(H,41,48)(H,42,47)(H,43,46)(H,44,45)/b32-20-. The lowest BCUT2D eigenvalue weighted by molar-refractivity contribution is -0.115. The zero-order valence-electron chi connectivity index (χ0n) is 26.8. The van der Waals surface area contributed by atoms with Crippen LogP contribution in [0, 0.1) is 24.1 Å². The van der Waals surface area contributed by atoms with Crippen LogP contribution in [0.3, 0.4) is 0 Å². The highest BCUT2D eigenvalue weighted by molar-refractivity contribution is 8.00. The molecule has 0 spiro atoms. The van der Waals surface area contributed by atoms with Gasteiger partial charge in [-0.15, -0.1) is 23.1 Å². The number of nitrogens with one attached hydrogen (secondary N) is 4. The van der Waals surface area contributed by atoms with Crippen molar-refractivity contribution in [3.05, 3.63) is 148 Å². The van der Waals surface area contributed by atoms with Gasteiger partial charge in [-0.3, -0.25) is 19.2 Å². The van der Waals surface area contributed by atoms with Crippen LogP contribution < -0.4 is 21.3 Å². The molecule has 0 saturated heterocycles. The van der Waals surface area contributed by atoms with Crippen LogP contribution in [0.2, 0.25) is 0 Å². The second-order valence-corrected chi connectivity index (χ2v) is 13.3. The van der Waals surface area contributed by atoms with Gasteiger partial charge in [0.1, 0.15) is 22.6 Å². The molecule has 0 fully saturated rings. The third kappa shape index (κ3) is 8.90. The molecule has 4 N–H and O–H groups in total. The third-order valence-electron chi connectivity index (χ3n) is 7.24. The molecule has 0 saturated carbocycles. The Morgan fingerprint density at radius 3 is 2.18 bits per heavy atom. The number of para-hydroxylation sites is 1. The molecule has 0 aliphatic heterocycles. The molecular weight excluding hydrogens is 674 g/mol. The molecule has 50 heavy (non-hydrogen) atoms. The number of halogens is 1. The first-order valence-electron chi connectivity index (χ1n) is 15.2. The van der Waals surface area contributed by atoms with E-state index in [1.165, 1.54) is 36.0 Å². The first kappa shape index (κ1) is 35.3. The van der Waals surface area contributed by atoms with Crippen LogP contribution in [0.15, 0.2) is 120 Å². The van der Waals surface area contributed by atoms with Gasteiger partial charge in [0, 0.05) is 27.4 Å². The summed E-state index contributed by atoms with van der Waals surface area (Å²) in [7, 11) is 0. The third-order valence-corrected chi connectivity index (χ3v) is 9.54. The highest BCUT2D eigenvalue weighted by atomic mass is 32.2. The Labute approximate surface area is 296 Å². The summed E-state index contributed by atoms with van der Waals surface area (Å²) in [6, 6.07) is 31.9. The summed E-state index contributed by atoms with van der Waals surface area (Å²) < 4.78 is 14.5. The Morgan fingerprint density at radius 2 is 1.48 bits per heavy atom. The van der Waals surface area contributed by atoms with Crippen molar-refractivity contribution in [2.24, 2.45) is 0 Å². The maximum atomic E-state index is 14.5. The highest BCUT2D eigenvalue weighted by Crippen LogP contribution is 2.34. The number of carbonyl (C=O) groups is 4. The van der Waals surface area contributed by atoms with Crippen molar-refractivity contribution in [2.45, 2.75) is 24.0 Å². The largest absolute Gasteiger partial charge is 0.321 e. The Bertz CT molecular complexity index is 2130. The Morgan fingerprint density at radius 1 is 0.820 bits per heavy atom. The number of hydrogen-bond acceptors (Lipinski definition) is 7. The number of amides is 4. The molecule has 9 nitrogen and oxygen atoms in total. The average Bonchev–Trinajstić information content (AvgIpc) is 3.43. The maximum Gasteiger partial charge on any atom is 0.272 e. The number of thioether (sulfide) groups is 1. The van der Waals surface area contributed by atoms with Gasteiger partial charge < -0.3 is 21.3 Å². The number of carbonyl (C=O) groups excluding carboxylic acids is 4. The molecular formula is C38H30FN5O4S2. The summed E-state index contributed by atoms with van der Waals surface area (Å²) in [6.07, 6.45) is 1.26. The molecule has 250 valence electrons. The molecule has 12 heteroatoms. The van der Waals surface area contributed by atoms with Gasteiger partial charge >= 0.3 is 0 Å². The lowest BCUT2D eigenvalue weighted by atomic mass is 10.1. The van der Waals surface area contributed by atoms with E-state index in [1.807, 2.05) is 6.07 Å². The number of anilines is 3. The van der Waals surface area contributed by atoms with Gasteiger partial charge in [-0.1, -0.05) is 60.7 Å². The van der Waals surface area contributed by atoms with E-state index in [9.17, 15) is 28.8 Å². The smallest absolute Gasteiger partial charge is 0.272 e. The van der Waals surface area contributed by atoms with Gasteiger partial charge in [0.05, 0.1) is 15.7 Å². The molecule has 1 heterocycles. The van der Waals surface area contributed by atoms with Crippen molar-refractivity contribution in [3.8, 4) is 6.07 Å². The number of hydrogen-bond donors (Lipinski definition) is 4. The van der Waals surface area contributed by atoms with Crippen LogP contribution in [0.5, 0.6) is 0 Å². The van der Waals surface area contributed by atoms with Crippen LogP contribution in [0.25, 0.3) is 6.08 Å². The van der Waals surface area contributed by atoms with Gasteiger partial charge in [0.15, 0.2) is 0 Å². The summed E-state index contributed by atoms with van der Waals surface area (Å²) in [5.41, 5.74) is 1.90. The quantitative estimate of drug-likeness (QED) is 0.0816. The van der Waals surface area contributed by atoms with E-state index < -0.39 is 28.8 Å². The molecule has 1 atom stereocenters. The molecule has 4 amide bonds. The topological polar surface area (TPSA) is 140 Å². The molecule has 5 aromatic rings. The van der Waals surface area contributed by atoms with E-state index in [0.29, 0.717) is 32.3 Å². The minimum Gasteiger partial charge on any atom is -0.321 e. The van der Waals surface area contributed by atoms with Crippen molar-refractivity contribution in [1.29, 1.82) is 5.26 Å². The first-order valence-corrected chi connectivity index (χ1v) is 16.9. The van der Waals surface area contributed by atoms with E-state index in [-0.39, 0.29) is 27.7 Å². The van der Waals surface area contributed by atoms with Crippen molar-refractivity contribution in [3.63, 3.8) is 0 Å². The molecule has 4 aromatic carbocycles. The predicted octanol–water partition coefficient (Wildman–Crippen LogP) is 7.85. The van der Waals surface area contributed by atoms with Crippen LogP contribution in [-0.4, -0.2) is 28.9 Å². The number of thiophene rings is 1. The minimum absolute atomic E-state index is 0.111. The molecule has 1 unspecified atom stereocenters. The first-order chi connectivity index (χ1) is 24.1. The predicted molar refractivity (Wildman–Crippen MR) is 195 cm³/mol. The lowest BCUT2D eigenvalue weighted by Gasteiger charge is -2.14. The van der Waals surface area contributed by atoms with Gasteiger partial charge in [-0.2, -0.15) is 5.26 Å². The summed E-state index contributed by atoms with van der Waals surface area (Å²) in [5.74, 6) is -2.57. The lowest BCUT2D eigenvalue weighted by Crippen LogP contribution is -2.30. The van der Waals surface area contributed by atoms with Gasteiger partial charge in [0.25, 0.3) is 17.7 Å². The summed E-state index contributed by atoms with van der Waals surface area (Å²) in [4.78, 5) is 53.5. The number of nitriles is 1. The fraction of sp³-hybridized carbons (Fsp3) is 0.0789. The van der Waals surface area contributed by atoms with Crippen LogP contribution in [0.4, 0.5) is 20.8 Å². The zero-order valence-corrected chi connectivity index (χ0v) is 28.5. The summed E-state index contributed by atoms with van der Waals surface area (Å²) in [6.45, 7) is 3.35. The molecule has 0 aliphatic rings. The van der Waals surface area contributed by atoms with E-state index >= 15 is 0 Å². The Kier molecular flexibility index (Phi) is 11.6. The number of nitrogens with zero attached hydrogens (tertiary/aromatic N) is 1. The Balaban J connectivity index is 1.28. The van der Waals surface area contributed by atoms with Crippen LogP contribution in [0.1, 0.15) is 43.6 Å². The molecule has 0 bridgehead atoms. The number of rotatable bonds is 11. The van der Waals surface area contributed by atoms with Crippen molar-refractivity contribution >= 4 is 69.2 Å². The zero-order chi connectivity index (χ0) is 35.6. The van der Waals surface area contributed by atoms with Gasteiger partial charge in [0.2, 0.25) is 5.91 Å². The molecule has 1 aromatic heterocycles. The monoisotopic (exact) mass is 703 g/mol. The van der Waals surface area contributed by atoms with Crippen molar-refractivity contribution < 1.29 is 23.6 Å². The van der Waals surface area contributed by atoms with Gasteiger partial charge in [-0.25, -0.2) is 4.39 Å². The summed E-state index contributed by atoms with van der Waals surface area (Å²) in [5, 5.41) is 20.4. The van der Waals surface area contributed by atoms with Crippen molar-refractivity contribution in [2.75, 3.05) is 16.0 Å². The van der Waals surface area contributed by atoms with E-state index in [0.717, 1.165) is 11.3 Å². The normalized spacial score (nSPS) is 11.5. The molecule has 0 aliphatic carbocycles. The highest BCUT2D eigenvalue weighted by Gasteiger charge is 2.24. The molecule has 0 radical (unpaired) electrons. The van der Waals surface area contributed by atoms with E-state index in [1.54, 1.807) is 98.8 Å². The fourth-order valence-electron chi connectivity index (χ4n) is 4.67. The Hall–Kier alpha value is -6.03. The maximum absolute atomic E-state index is 14.5. The van der Waals surface area contributed by atoms with Crippen LogP contribution in [-0.2, 0) is 9.59 Å². The van der Waals surface area contributed by atoms with E-state index in [4.69, 9.17) is 0 Å². The second kappa shape index (κ2) is 16.4. The van der Waals surface area contributed by atoms with Gasteiger partial charge in [-0.05, 0) is 74.0 Å². The summed E-state index contributed by atoms with van der Waals surface area (Å²) >= 11 is 2.23. The SMILES string of the molecule is Cc1c(C(=O)Nc2ccccc2)sc(NC(=O)C(C)Sc2cccc(NC(=O)/C(=C/c3ccccc3F)NC(=O)c3ccccc3)c2)c1C#N. The fourth-order valence-corrected chi connectivity index (χ4v) is 6.65. The minimum atomic E-state index is -0.685. The number of benzene rings is 4. The molecule has 5 rings (SSSR count). The second-order valence-electron chi connectivity index (χ2n) is 10.8. The van der Waals surface area contributed by atoms with Crippen LogP contribution >= 0.6 is 23.1 Å².